The Kier molecular flexibility index (Phi) is 5.94. The summed E-state index contributed by atoms with van der Waals surface area (Å²) in [5.74, 6) is -0.703. The van der Waals surface area contributed by atoms with Crippen LogP contribution in [-0.2, 0) is 27.5 Å². The molecule has 0 radical (unpaired) electrons. The number of carbonyl (C=O) groups is 2. The summed E-state index contributed by atoms with van der Waals surface area (Å²) >= 11 is 0. The molecule has 0 aromatic heterocycles. The zero-order valence-electron chi connectivity index (χ0n) is 12.5. The van der Waals surface area contributed by atoms with Crippen molar-refractivity contribution in [2.45, 2.75) is 13.2 Å². The van der Waals surface area contributed by atoms with Gasteiger partial charge in [0, 0.05) is 0 Å². The van der Waals surface area contributed by atoms with Crippen molar-refractivity contribution in [3.63, 3.8) is 0 Å². The molecule has 0 aliphatic rings. The number of esters is 1. The van der Waals surface area contributed by atoms with Crippen LogP contribution in [0.3, 0.4) is 0 Å². The number of benzene rings is 2. The highest BCUT2D eigenvalue weighted by molar-refractivity contribution is 5.91. The summed E-state index contributed by atoms with van der Waals surface area (Å²) in [5, 5.41) is 2.26. The van der Waals surface area contributed by atoms with Crippen LogP contribution < -0.4 is 5.32 Å². The van der Waals surface area contributed by atoms with E-state index in [1.165, 1.54) is 0 Å². The molecule has 0 bridgehead atoms. The average Bonchev–Trinajstić information content (AvgIpc) is 2.59. The molecule has 118 valence electrons. The third-order valence-electron chi connectivity index (χ3n) is 2.92. The van der Waals surface area contributed by atoms with Gasteiger partial charge in [0.15, 0.2) is 0 Å². The van der Waals surface area contributed by atoms with E-state index in [0.717, 1.165) is 11.1 Å². The molecule has 1 N–H and O–H groups in total. The number of ether oxygens (including phenoxy) is 2. The molecular weight excluding hydrogens is 294 g/mol. The first kappa shape index (κ1) is 16.3. The Labute approximate surface area is 134 Å². The molecule has 2 rings (SSSR count). The molecule has 0 aliphatic carbocycles. The minimum Gasteiger partial charge on any atom is -0.456 e. The molecule has 2 aromatic carbocycles. The second-order valence-electron chi connectivity index (χ2n) is 4.73. The molecule has 0 aliphatic heterocycles. The lowest BCUT2D eigenvalue weighted by molar-refractivity contribution is -0.140. The Morgan fingerprint density at radius 3 is 1.83 bits per heavy atom. The van der Waals surface area contributed by atoms with Crippen LogP contribution >= 0.6 is 0 Å². The Bertz CT molecular complexity index is 668. The van der Waals surface area contributed by atoms with Gasteiger partial charge in [-0.15, -0.1) is 0 Å². The quantitative estimate of drug-likeness (QED) is 0.657. The molecule has 2 aromatic rings. The summed E-state index contributed by atoms with van der Waals surface area (Å²) < 4.78 is 10.0. The third kappa shape index (κ3) is 5.67. The predicted molar refractivity (Wildman–Crippen MR) is 85.1 cm³/mol. The van der Waals surface area contributed by atoms with Crippen LogP contribution in [0, 0.1) is 0 Å². The highest BCUT2D eigenvalue weighted by Gasteiger charge is 2.13. The average molecular weight is 311 g/mol. The molecule has 23 heavy (non-hydrogen) atoms. The molecule has 0 atom stereocenters. The van der Waals surface area contributed by atoms with E-state index in [2.05, 4.69) is 11.9 Å². The molecule has 0 saturated heterocycles. The summed E-state index contributed by atoms with van der Waals surface area (Å²) in [6, 6.07) is 18.4. The lowest BCUT2D eigenvalue weighted by Crippen LogP contribution is -2.28. The smallest absolute Gasteiger partial charge is 0.412 e. The fourth-order valence-electron chi connectivity index (χ4n) is 1.74. The Hall–Kier alpha value is -3.08. The Morgan fingerprint density at radius 1 is 0.826 bits per heavy atom. The van der Waals surface area contributed by atoms with Crippen molar-refractivity contribution >= 4 is 12.1 Å². The monoisotopic (exact) mass is 311 g/mol. The van der Waals surface area contributed by atoms with Crippen LogP contribution in [0.2, 0.25) is 0 Å². The van der Waals surface area contributed by atoms with Gasteiger partial charge in [0.05, 0.1) is 0 Å². The first-order valence-corrected chi connectivity index (χ1v) is 7.03. The number of amides is 1. The van der Waals surface area contributed by atoms with Crippen molar-refractivity contribution in [1.29, 1.82) is 0 Å². The summed E-state index contributed by atoms with van der Waals surface area (Å²) in [5.41, 5.74) is 1.53. The number of rotatable bonds is 6. The Balaban J connectivity index is 1.72. The molecule has 1 amide bonds. The van der Waals surface area contributed by atoms with Crippen molar-refractivity contribution in [3.05, 3.63) is 84.1 Å². The molecular formula is C18H17NO4. The zero-order chi connectivity index (χ0) is 16.5. The van der Waals surface area contributed by atoms with E-state index >= 15 is 0 Å². The minimum absolute atomic E-state index is 0.110. The summed E-state index contributed by atoms with van der Waals surface area (Å²) in [7, 11) is 0. The van der Waals surface area contributed by atoms with Gasteiger partial charge in [-0.3, -0.25) is 5.32 Å². The van der Waals surface area contributed by atoms with Crippen LogP contribution in [-0.4, -0.2) is 12.1 Å². The van der Waals surface area contributed by atoms with Crippen LogP contribution in [0.5, 0.6) is 0 Å². The van der Waals surface area contributed by atoms with E-state index in [-0.39, 0.29) is 18.9 Å². The summed E-state index contributed by atoms with van der Waals surface area (Å²) in [6.07, 6.45) is -0.754. The largest absolute Gasteiger partial charge is 0.456 e. The maximum Gasteiger partial charge on any atom is 0.412 e. The third-order valence-corrected chi connectivity index (χ3v) is 2.92. The number of nitrogens with one attached hydrogen (secondary N) is 1. The molecule has 0 saturated carbocycles. The second-order valence-corrected chi connectivity index (χ2v) is 4.73. The van der Waals surface area contributed by atoms with E-state index in [1.807, 2.05) is 60.7 Å². The van der Waals surface area contributed by atoms with Gasteiger partial charge >= 0.3 is 12.1 Å². The highest BCUT2D eigenvalue weighted by Crippen LogP contribution is 2.04. The van der Waals surface area contributed by atoms with Gasteiger partial charge in [0.1, 0.15) is 18.9 Å². The van der Waals surface area contributed by atoms with Crippen molar-refractivity contribution in [1.82, 2.24) is 5.32 Å². The standard InChI is InChI=1S/C18H17NO4/c1-14(17(20)22-12-15-8-4-2-5-9-15)19-18(21)23-13-16-10-6-3-7-11-16/h2-11H,1,12-13H2,(H,19,21). The Morgan fingerprint density at radius 2 is 1.30 bits per heavy atom. The van der Waals surface area contributed by atoms with Crippen molar-refractivity contribution in [2.75, 3.05) is 0 Å². The first-order valence-electron chi connectivity index (χ1n) is 7.03. The van der Waals surface area contributed by atoms with Crippen LogP contribution in [0.15, 0.2) is 72.9 Å². The van der Waals surface area contributed by atoms with Crippen LogP contribution in [0.25, 0.3) is 0 Å². The normalized spacial score (nSPS) is 9.74. The van der Waals surface area contributed by atoms with Gasteiger partial charge < -0.3 is 9.47 Å². The molecule has 0 heterocycles. The topological polar surface area (TPSA) is 64.6 Å². The van der Waals surface area contributed by atoms with Gasteiger partial charge in [-0.1, -0.05) is 67.2 Å². The van der Waals surface area contributed by atoms with Gasteiger partial charge in [-0.05, 0) is 11.1 Å². The summed E-state index contributed by atoms with van der Waals surface area (Å²) in [6.45, 7) is 3.70. The number of carbonyl (C=O) groups excluding carboxylic acids is 2. The fourth-order valence-corrected chi connectivity index (χ4v) is 1.74. The summed E-state index contributed by atoms with van der Waals surface area (Å²) in [4.78, 5) is 23.3. The van der Waals surface area contributed by atoms with Gasteiger partial charge in [0.2, 0.25) is 0 Å². The second kappa shape index (κ2) is 8.38. The highest BCUT2D eigenvalue weighted by atomic mass is 16.6. The lowest BCUT2D eigenvalue weighted by atomic mass is 10.2. The van der Waals surface area contributed by atoms with Gasteiger partial charge in [-0.2, -0.15) is 0 Å². The van der Waals surface area contributed by atoms with E-state index in [9.17, 15) is 9.59 Å². The van der Waals surface area contributed by atoms with E-state index < -0.39 is 12.1 Å². The van der Waals surface area contributed by atoms with Gasteiger partial charge in [-0.25, -0.2) is 9.59 Å². The maximum atomic E-state index is 11.7. The van der Waals surface area contributed by atoms with E-state index in [0.29, 0.717) is 0 Å². The SMILES string of the molecule is C=C(NC(=O)OCc1ccccc1)C(=O)OCc1ccccc1. The maximum absolute atomic E-state index is 11.7. The van der Waals surface area contributed by atoms with E-state index in [4.69, 9.17) is 9.47 Å². The van der Waals surface area contributed by atoms with Crippen molar-refractivity contribution < 1.29 is 19.1 Å². The minimum atomic E-state index is -0.754. The van der Waals surface area contributed by atoms with Crippen molar-refractivity contribution in [2.24, 2.45) is 0 Å². The molecule has 0 fully saturated rings. The lowest BCUT2D eigenvalue weighted by Gasteiger charge is -2.09. The molecule has 0 unspecified atom stereocenters. The van der Waals surface area contributed by atoms with Crippen LogP contribution in [0.1, 0.15) is 11.1 Å². The van der Waals surface area contributed by atoms with Gasteiger partial charge in [0.25, 0.3) is 0 Å². The molecule has 5 heteroatoms. The number of hydrogen-bond donors (Lipinski definition) is 1. The zero-order valence-corrected chi connectivity index (χ0v) is 12.5. The fraction of sp³-hybridized carbons (Fsp3) is 0.111. The van der Waals surface area contributed by atoms with E-state index in [1.54, 1.807) is 0 Å². The molecule has 0 spiro atoms. The molecule has 5 nitrogen and oxygen atoms in total. The predicted octanol–water partition coefficient (Wildman–Crippen LogP) is 3.17. The van der Waals surface area contributed by atoms with Crippen LogP contribution in [0.4, 0.5) is 4.79 Å². The first-order chi connectivity index (χ1) is 11.1. The number of alkyl carbamates (subject to hydrolysis) is 1. The van der Waals surface area contributed by atoms with Crippen molar-refractivity contribution in [3.8, 4) is 0 Å². The number of hydrogen-bond acceptors (Lipinski definition) is 4.